The molecule has 0 atom stereocenters. The van der Waals surface area contributed by atoms with Gasteiger partial charge < -0.3 is 5.32 Å². The van der Waals surface area contributed by atoms with Gasteiger partial charge >= 0.3 is 0 Å². The van der Waals surface area contributed by atoms with Crippen LogP contribution in [0.1, 0.15) is 35.7 Å². The van der Waals surface area contributed by atoms with Gasteiger partial charge in [-0.2, -0.15) is 0 Å². The average Bonchev–Trinajstić information content (AvgIpc) is 3.04. The molecule has 116 valence electrons. The number of nitrogens with zero attached hydrogens (tertiary/aromatic N) is 4. The van der Waals surface area contributed by atoms with E-state index in [9.17, 15) is 0 Å². The van der Waals surface area contributed by atoms with Crippen LogP contribution >= 0.6 is 0 Å². The monoisotopic (exact) mass is 297 g/mol. The summed E-state index contributed by atoms with van der Waals surface area (Å²) in [6, 6.07) is 9.28. The summed E-state index contributed by atoms with van der Waals surface area (Å²) in [7, 11) is 0. The van der Waals surface area contributed by atoms with Gasteiger partial charge in [-0.1, -0.05) is 29.5 Å². The molecule has 2 aliphatic rings. The van der Waals surface area contributed by atoms with E-state index < -0.39 is 0 Å². The van der Waals surface area contributed by atoms with E-state index in [0.717, 1.165) is 57.7 Å². The third-order valence-corrected chi connectivity index (χ3v) is 4.84. The van der Waals surface area contributed by atoms with E-state index in [-0.39, 0.29) is 0 Å². The molecule has 3 heterocycles. The number of hydrogen-bond donors (Lipinski definition) is 1. The molecule has 2 aromatic rings. The summed E-state index contributed by atoms with van der Waals surface area (Å²) >= 11 is 0. The zero-order valence-corrected chi connectivity index (χ0v) is 12.9. The summed E-state index contributed by atoms with van der Waals surface area (Å²) in [4.78, 5) is 2.47. The molecule has 4 rings (SSSR count). The fourth-order valence-electron chi connectivity index (χ4n) is 3.55. The molecule has 5 nitrogen and oxygen atoms in total. The quantitative estimate of drug-likeness (QED) is 0.938. The number of rotatable bonds is 3. The first kappa shape index (κ1) is 13.9. The highest BCUT2D eigenvalue weighted by Crippen LogP contribution is 2.21. The standard InChI is InChI=1S/C17H23N5/c1-2-4-15-11-21(10-7-14(15)3-1)12-16-13-22(20-19-16)17-5-8-18-9-6-17/h1-4,13,17-18H,5-12H2. The van der Waals surface area contributed by atoms with Gasteiger partial charge in [0, 0.05) is 19.6 Å². The van der Waals surface area contributed by atoms with Gasteiger partial charge in [0.1, 0.15) is 0 Å². The van der Waals surface area contributed by atoms with Gasteiger partial charge in [-0.15, -0.1) is 5.10 Å². The lowest BCUT2D eigenvalue weighted by Gasteiger charge is -2.27. The highest BCUT2D eigenvalue weighted by Gasteiger charge is 2.19. The largest absolute Gasteiger partial charge is 0.317 e. The molecule has 1 aromatic heterocycles. The van der Waals surface area contributed by atoms with Crippen LogP contribution in [0.2, 0.25) is 0 Å². The molecule has 1 aromatic carbocycles. The summed E-state index contributed by atoms with van der Waals surface area (Å²) < 4.78 is 2.08. The lowest BCUT2D eigenvalue weighted by atomic mass is 10.00. The van der Waals surface area contributed by atoms with Crippen LogP contribution in [-0.2, 0) is 19.5 Å². The van der Waals surface area contributed by atoms with Gasteiger partial charge in [0.25, 0.3) is 0 Å². The third-order valence-electron chi connectivity index (χ3n) is 4.84. The summed E-state index contributed by atoms with van der Waals surface area (Å²) in [5.41, 5.74) is 4.05. The molecule has 0 unspecified atom stereocenters. The van der Waals surface area contributed by atoms with Crippen LogP contribution < -0.4 is 5.32 Å². The Morgan fingerprint density at radius 3 is 2.82 bits per heavy atom. The van der Waals surface area contributed by atoms with E-state index in [1.807, 2.05) is 0 Å². The second-order valence-electron chi connectivity index (χ2n) is 6.40. The zero-order valence-electron chi connectivity index (χ0n) is 12.9. The predicted molar refractivity (Wildman–Crippen MR) is 85.4 cm³/mol. The highest BCUT2D eigenvalue weighted by atomic mass is 15.4. The minimum atomic E-state index is 0.518. The number of benzene rings is 1. The van der Waals surface area contributed by atoms with Crippen molar-refractivity contribution in [2.45, 2.75) is 38.4 Å². The first-order valence-electron chi connectivity index (χ1n) is 8.29. The van der Waals surface area contributed by atoms with Crippen molar-refractivity contribution >= 4 is 0 Å². The topological polar surface area (TPSA) is 46.0 Å². The Labute approximate surface area is 131 Å². The Kier molecular flexibility index (Phi) is 3.91. The summed E-state index contributed by atoms with van der Waals surface area (Å²) in [5, 5.41) is 12.2. The number of hydrogen-bond acceptors (Lipinski definition) is 4. The minimum absolute atomic E-state index is 0.518. The van der Waals surface area contributed by atoms with E-state index in [4.69, 9.17) is 0 Å². The zero-order chi connectivity index (χ0) is 14.8. The Bertz CT molecular complexity index is 629. The molecule has 5 heteroatoms. The maximum absolute atomic E-state index is 4.39. The van der Waals surface area contributed by atoms with Gasteiger partial charge in [0.2, 0.25) is 0 Å². The van der Waals surface area contributed by atoms with E-state index >= 15 is 0 Å². The number of nitrogens with one attached hydrogen (secondary N) is 1. The fourth-order valence-corrected chi connectivity index (χ4v) is 3.55. The van der Waals surface area contributed by atoms with Gasteiger partial charge in [0.05, 0.1) is 17.9 Å². The minimum Gasteiger partial charge on any atom is -0.317 e. The van der Waals surface area contributed by atoms with Crippen LogP contribution in [0.15, 0.2) is 30.5 Å². The average molecular weight is 297 g/mol. The lowest BCUT2D eigenvalue weighted by molar-refractivity contribution is 0.242. The third kappa shape index (κ3) is 2.91. The summed E-state index contributed by atoms with van der Waals surface area (Å²) in [5.74, 6) is 0. The molecule has 22 heavy (non-hydrogen) atoms. The molecular weight excluding hydrogens is 274 g/mol. The van der Waals surface area contributed by atoms with Crippen molar-refractivity contribution in [3.63, 3.8) is 0 Å². The number of aromatic nitrogens is 3. The van der Waals surface area contributed by atoms with Crippen LogP contribution in [0.3, 0.4) is 0 Å². The van der Waals surface area contributed by atoms with Crippen LogP contribution in [0.25, 0.3) is 0 Å². The Morgan fingerprint density at radius 1 is 1.14 bits per heavy atom. The van der Waals surface area contributed by atoms with Gasteiger partial charge in [0.15, 0.2) is 0 Å². The molecule has 1 fully saturated rings. The van der Waals surface area contributed by atoms with Crippen molar-refractivity contribution in [1.82, 2.24) is 25.2 Å². The summed E-state index contributed by atoms with van der Waals surface area (Å²) in [6.07, 6.45) is 5.59. The van der Waals surface area contributed by atoms with Crippen molar-refractivity contribution in [3.8, 4) is 0 Å². The van der Waals surface area contributed by atoms with Crippen LogP contribution in [0.4, 0.5) is 0 Å². The molecular formula is C17H23N5. The first-order valence-corrected chi connectivity index (χ1v) is 8.29. The molecule has 2 aliphatic heterocycles. The second kappa shape index (κ2) is 6.18. The van der Waals surface area contributed by atoms with Crippen molar-refractivity contribution in [3.05, 3.63) is 47.3 Å². The first-order chi connectivity index (χ1) is 10.9. The van der Waals surface area contributed by atoms with Crippen molar-refractivity contribution < 1.29 is 0 Å². The Balaban J connectivity index is 1.41. The molecule has 0 amide bonds. The molecule has 1 saturated heterocycles. The molecule has 0 saturated carbocycles. The SMILES string of the molecule is c1ccc2c(c1)CCN(Cc1cn(C3CCNCC3)nn1)C2. The Hall–Kier alpha value is -1.72. The highest BCUT2D eigenvalue weighted by molar-refractivity contribution is 5.29. The van der Waals surface area contributed by atoms with E-state index in [1.54, 1.807) is 0 Å². The fraction of sp³-hybridized carbons (Fsp3) is 0.529. The van der Waals surface area contributed by atoms with Crippen molar-refractivity contribution in [1.29, 1.82) is 0 Å². The predicted octanol–water partition coefficient (Wildman–Crippen LogP) is 1.76. The molecule has 0 radical (unpaired) electrons. The lowest BCUT2D eigenvalue weighted by Crippen LogP contribution is -2.30. The normalized spacial score (nSPS) is 20.0. The van der Waals surface area contributed by atoms with E-state index in [2.05, 4.69) is 55.7 Å². The molecule has 0 bridgehead atoms. The van der Waals surface area contributed by atoms with E-state index in [1.165, 1.54) is 11.1 Å². The van der Waals surface area contributed by atoms with Crippen molar-refractivity contribution in [2.24, 2.45) is 0 Å². The van der Waals surface area contributed by atoms with Crippen molar-refractivity contribution in [2.75, 3.05) is 19.6 Å². The maximum atomic E-state index is 4.39. The molecule has 1 N–H and O–H groups in total. The number of piperidine rings is 1. The smallest absolute Gasteiger partial charge is 0.0967 e. The maximum Gasteiger partial charge on any atom is 0.0967 e. The summed E-state index contributed by atoms with van der Waals surface area (Å²) in [6.45, 7) is 5.21. The van der Waals surface area contributed by atoms with Gasteiger partial charge in [-0.3, -0.25) is 4.90 Å². The van der Waals surface area contributed by atoms with E-state index in [0.29, 0.717) is 6.04 Å². The van der Waals surface area contributed by atoms with Gasteiger partial charge in [-0.05, 0) is 43.5 Å². The molecule has 0 spiro atoms. The van der Waals surface area contributed by atoms with Crippen LogP contribution in [-0.4, -0.2) is 39.5 Å². The second-order valence-corrected chi connectivity index (χ2v) is 6.40. The van der Waals surface area contributed by atoms with Crippen LogP contribution in [0.5, 0.6) is 0 Å². The van der Waals surface area contributed by atoms with Crippen LogP contribution in [0, 0.1) is 0 Å². The van der Waals surface area contributed by atoms with Gasteiger partial charge in [-0.25, -0.2) is 4.68 Å². The molecule has 0 aliphatic carbocycles. The Morgan fingerprint density at radius 2 is 1.95 bits per heavy atom. The number of fused-ring (bicyclic) bond motifs is 1.